The SMILES string of the molecule is CC1CCOCCN1C(=O)Nc1ccc2c(c1)OCO2. The molecular weight excluding hydrogens is 260 g/mol. The minimum atomic E-state index is -0.109. The van der Waals surface area contributed by atoms with Gasteiger partial charge in [-0.1, -0.05) is 0 Å². The van der Waals surface area contributed by atoms with Crippen molar-refractivity contribution >= 4 is 11.7 Å². The van der Waals surface area contributed by atoms with Gasteiger partial charge >= 0.3 is 6.03 Å². The third kappa shape index (κ3) is 2.65. The number of benzene rings is 1. The number of fused-ring (bicyclic) bond motifs is 1. The monoisotopic (exact) mass is 278 g/mol. The summed E-state index contributed by atoms with van der Waals surface area (Å²) in [6.45, 7) is 4.16. The van der Waals surface area contributed by atoms with E-state index < -0.39 is 0 Å². The van der Waals surface area contributed by atoms with Gasteiger partial charge in [-0.25, -0.2) is 4.79 Å². The highest BCUT2D eigenvalue weighted by atomic mass is 16.7. The summed E-state index contributed by atoms with van der Waals surface area (Å²) < 4.78 is 15.9. The maximum Gasteiger partial charge on any atom is 0.322 e. The van der Waals surface area contributed by atoms with Crippen LogP contribution >= 0.6 is 0 Å². The van der Waals surface area contributed by atoms with E-state index in [4.69, 9.17) is 14.2 Å². The number of hydrogen-bond acceptors (Lipinski definition) is 4. The van der Waals surface area contributed by atoms with Crippen molar-refractivity contribution in [3.63, 3.8) is 0 Å². The predicted octanol–water partition coefficient (Wildman–Crippen LogP) is 2.06. The Labute approximate surface area is 117 Å². The fourth-order valence-electron chi connectivity index (χ4n) is 2.37. The number of rotatable bonds is 1. The van der Waals surface area contributed by atoms with Crippen molar-refractivity contribution in [3.8, 4) is 11.5 Å². The predicted molar refractivity (Wildman–Crippen MR) is 73.2 cm³/mol. The largest absolute Gasteiger partial charge is 0.454 e. The molecule has 2 aliphatic rings. The number of carbonyl (C=O) groups excluding carboxylic acids is 1. The summed E-state index contributed by atoms with van der Waals surface area (Å²) in [5, 5.41) is 2.90. The van der Waals surface area contributed by atoms with E-state index in [1.54, 1.807) is 17.0 Å². The zero-order chi connectivity index (χ0) is 13.9. The summed E-state index contributed by atoms with van der Waals surface area (Å²) in [5.74, 6) is 1.37. The van der Waals surface area contributed by atoms with Gasteiger partial charge in [0.15, 0.2) is 11.5 Å². The molecule has 0 spiro atoms. The van der Waals surface area contributed by atoms with E-state index in [0.29, 0.717) is 36.9 Å². The molecule has 1 aromatic rings. The lowest BCUT2D eigenvalue weighted by Gasteiger charge is -2.26. The summed E-state index contributed by atoms with van der Waals surface area (Å²) >= 11 is 0. The summed E-state index contributed by atoms with van der Waals surface area (Å²) in [6.07, 6.45) is 0.856. The number of nitrogens with one attached hydrogen (secondary N) is 1. The Balaban J connectivity index is 1.68. The number of nitrogens with zero attached hydrogens (tertiary/aromatic N) is 1. The van der Waals surface area contributed by atoms with E-state index in [1.807, 2.05) is 13.0 Å². The van der Waals surface area contributed by atoms with Crippen molar-refractivity contribution in [3.05, 3.63) is 18.2 Å². The molecule has 3 rings (SSSR count). The van der Waals surface area contributed by atoms with E-state index in [2.05, 4.69) is 5.32 Å². The van der Waals surface area contributed by atoms with E-state index in [9.17, 15) is 4.79 Å². The fraction of sp³-hybridized carbons (Fsp3) is 0.500. The molecule has 2 amide bonds. The first kappa shape index (κ1) is 13.1. The lowest BCUT2D eigenvalue weighted by Crippen LogP contribution is -2.42. The van der Waals surface area contributed by atoms with Crippen molar-refractivity contribution in [1.82, 2.24) is 4.90 Å². The van der Waals surface area contributed by atoms with Gasteiger partial charge in [0.2, 0.25) is 6.79 Å². The quantitative estimate of drug-likeness (QED) is 0.854. The molecule has 2 heterocycles. The minimum Gasteiger partial charge on any atom is -0.454 e. The zero-order valence-corrected chi connectivity index (χ0v) is 11.4. The van der Waals surface area contributed by atoms with Crippen molar-refractivity contribution < 1.29 is 19.0 Å². The van der Waals surface area contributed by atoms with Crippen LogP contribution in [0, 0.1) is 0 Å². The number of amides is 2. The normalized spacial score (nSPS) is 21.4. The average molecular weight is 278 g/mol. The van der Waals surface area contributed by atoms with E-state index in [-0.39, 0.29) is 18.9 Å². The highest BCUT2D eigenvalue weighted by molar-refractivity contribution is 5.90. The summed E-state index contributed by atoms with van der Waals surface area (Å²) in [6, 6.07) is 5.45. The summed E-state index contributed by atoms with van der Waals surface area (Å²) in [5.41, 5.74) is 0.705. The molecule has 2 aliphatic heterocycles. The molecule has 1 aromatic carbocycles. The molecule has 0 aromatic heterocycles. The topological polar surface area (TPSA) is 60.0 Å². The van der Waals surface area contributed by atoms with Crippen LogP contribution in [0.3, 0.4) is 0 Å². The van der Waals surface area contributed by atoms with Gasteiger partial charge in [0, 0.05) is 30.9 Å². The summed E-state index contributed by atoms with van der Waals surface area (Å²) in [4.78, 5) is 14.1. The number of anilines is 1. The first-order valence-corrected chi connectivity index (χ1v) is 6.79. The molecule has 108 valence electrons. The molecule has 6 nitrogen and oxygen atoms in total. The molecule has 6 heteroatoms. The molecule has 0 saturated carbocycles. The molecule has 1 N–H and O–H groups in total. The van der Waals surface area contributed by atoms with Crippen LogP contribution < -0.4 is 14.8 Å². The van der Waals surface area contributed by atoms with Gasteiger partial charge in [-0.3, -0.25) is 0 Å². The van der Waals surface area contributed by atoms with Crippen LogP contribution in [-0.4, -0.2) is 43.5 Å². The smallest absolute Gasteiger partial charge is 0.322 e. The van der Waals surface area contributed by atoms with E-state index in [0.717, 1.165) is 6.42 Å². The van der Waals surface area contributed by atoms with Crippen molar-refractivity contribution in [1.29, 1.82) is 0 Å². The second-order valence-electron chi connectivity index (χ2n) is 4.94. The first-order chi connectivity index (χ1) is 9.74. The molecule has 0 bridgehead atoms. The Morgan fingerprint density at radius 3 is 3.05 bits per heavy atom. The molecule has 1 fully saturated rings. The fourth-order valence-corrected chi connectivity index (χ4v) is 2.37. The van der Waals surface area contributed by atoms with E-state index in [1.165, 1.54) is 0 Å². The molecule has 1 saturated heterocycles. The molecule has 20 heavy (non-hydrogen) atoms. The van der Waals surface area contributed by atoms with Crippen molar-refractivity contribution in [2.75, 3.05) is 31.9 Å². The zero-order valence-electron chi connectivity index (χ0n) is 11.4. The highest BCUT2D eigenvalue weighted by Crippen LogP contribution is 2.34. The van der Waals surface area contributed by atoms with Crippen LogP contribution in [0.1, 0.15) is 13.3 Å². The molecule has 0 aliphatic carbocycles. The maximum absolute atomic E-state index is 12.3. The Kier molecular flexibility index (Phi) is 3.64. The van der Waals surface area contributed by atoms with Crippen LogP contribution in [-0.2, 0) is 4.74 Å². The van der Waals surface area contributed by atoms with Crippen molar-refractivity contribution in [2.24, 2.45) is 0 Å². The van der Waals surface area contributed by atoms with E-state index >= 15 is 0 Å². The van der Waals surface area contributed by atoms with Crippen LogP contribution in [0.4, 0.5) is 10.5 Å². The van der Waals surface area contributed by atoms with Crippen LogP contribution in [0.5, 0.6) is 11.5 Å². The Morgan fingerprint density at radius 1 is 1.30 bits per heavy atom. The van der Waals surface area contributed by atoms with Crippen LogP contribution in [0.25, 0.3) is 0 Å². The van der Waals surface area contributed by atoms with Crippen LogP contribution in [0.2, 0.25) is 0 Å². The third-order valence-electron chi connectivity index (χ3n) is 3.57. The maximum atomic E-state index is 12.3. The number of hydrogen-bond donors (Lipinski definition) is 1. The lowest BCUT2D eigenvalue weighted by molar-refractivity contribution is 0.143. The van der Waals surface area contributed by atoms with Gasteiger partial charge < -0.3 is 24.4 Å². The van der Waals surface area contributed by atoms with Gasteiger partial charge in [-0.05, 0) is 25.5 Å². The lowest BCUT2D eigenvalue weighted by atomic mass is 10.2. The Bertz CT molecular complexity index is 506. The molecule has 1 unspecified atom stereocenters. The van der Waals surface area contributed by atoms with Gasteiger partial charge in [0.25, 0.3) is 0 Å². The Morgan fingerprint density at radius 2 is 2.15 bits per heavy atom. The van der Waals surface area contributed by atoms with Gasteiger partial charge in [0.05, 0.1) is 6.61 Å². The second kappa shape index (κ2) is 5.58. The first-order valence-electron chi connectivity index (χ1n) is 6.79. The number of urea groups is 1. The Hall–Kier alpha value is -1.95. The summed E-state index contributed by atoms with van der Waals surface area (Å²) in [7, 11) is 0. The van der Waals surface area contributed by atoms with Gasteiger partial charge in [-0.2, -0.15) is 0 Å². The number of ether oxygens (including phenoxy) is 3. The average Bonchev–Trinajstić information content (AvgIpc) is 2.79. The standard InChI is InChI=1S/C14H18N2O4/c1-10-4-6-18-7-5-16(10)14(17)15-11-2-3-12-13(8-11)20-9-19-12/h2-3,8,10H,4-7,9H2,1H3,(H,15,17). The van der Waals surface area contributed by atoms with Gasteiger partial charge in [0.1, 0.15) is 0 Å². The van der Waals surface area contributed by atoms with Gasteiger partial charge in [-0.15, -0.1) is 0 Å². The van der Waals surface area contributed by atoms with Crippen LogP contribution in [0.15, 0.2) is 18.2 Å². The second-order valence-corrected chi connectivity index (χ2v) is 4.94. The molecule has 0 radical (unpaired) electrons. The van der Waals surface area contributed by atoms with Crippen molar-refractivity contribution in [2.45, 2.75) is 19.4 Å². The molecule has 1 atom stereocenters. The number of carbonyl (C=O) groups is 1. The molecular formula is C14H18N2O4. The minimum absolute atomic E-state index is 0.109. The third-order valence-corrected chi connectivity index (χ3v) is 3.57. The highest BCUT2D eigenvalue weighted by Gasteiger charge is 2.23.